The number of hydrazine groups is 1. The van der Waals surface area contributed by atoms with E-state index in [-0.39, 0.29) is 0 Å². The van der Waals surface area contributed by atoms with Gasteiger partial charge in [0, 0.05) is 17.4 Å². The van der Waals surface area contributed by atoms with Gasteiger partial charge in [0.15, 0.2) is 11.5 Å². The van der Waals surface area contributed by atoms with Crippen LogP contribution in [0.5, 0.6) is 5.75 Å². The van der Waals surface area contributed by atoms with Gasteiger partial charge < -0.3 is 19.6 Å². The number of aromatic nitrogens is 3. The lowest BCUT2D eigenvalue weighted by atomic mass is 10.1. The maximum absolute atomic E-state index is 5.62. The molecule has 7 nitrogen and oxygen atoms in total. The van der Waals surface area contributed by atoms with E-state index < -0.39 is 0 Å². The SMILES string of the molecule is CCOc1ccc(-n2cc(-c3ccccc3)c3c(NN4CC[NH+](C)CC4)ncnc32)cc1. The number of nitrogens with one attached hydrogen (secondary N) is 2. The van der Waals surface area contributed by atoms with Crippen molar-refractivity contribution in [2.45, 2.75) is 6.92 Å². The van der Waals surface area contributed by atoms with Gasteiger partial charge in [0.25, 0.3) is 0 Å². The summed E-state index contributed by atoms with van der Waals surface area (Å²) in [6.07, 6.45) is 3.80. The van der Waals surface area contributed by atoms with Crippen LogP contribution in [0.4, 0.5) is 5.82 Å². The first-order chi connectivity index (χ1) is 15.7. The summed E-state index contributed by atoms with van der Waals surface area (Å²) >= 11 is 0. The first kappa shape index (κ1) is 20.5. The molecule has 0 amide bonds. The predicted octanol–water partition coefficient (Wildman–Crippen LogP) is 2.64. The Hall–Kier alpha value is -3.42. The summed E-state index contributed by atoms with van der Waals surface area (Å²) in [6.45, 7) is 6.84. The number of fused-ring (bicyclic) bond motifs is 1. The maximum atomic E-state index is 5.62. The van der Waals surface area contributed by atoms with Crippen LogP contribution in [0.15, 0.2) is 67.1 Å². The standard InChI is InChI=1S/C25H28N6O/c1-3-32-21-11-9-20(10-12-21)31-17-22(19-7-5-4-6-8-19)23-24(26-18-27-25(23)31)28-30-15-13-29(2)14-16-30/h4-12,17-18H,3,13-16H2,1-2H3,(H,26,27,28)/p+1. The van der Waals surface area contributed by atoms with Crippen molar-refractivity contribution in [3.05, 3.63) is 67.1 Å². The monoisotopic (exact) mass is 429 g/mol. The third-order valence-electron chi connectivity index (χ3n) is 5.97. The number of quaternary nitrogens is 1. The zero-order valence-electron chi connectivity index (χ0n) is 18.6. The topological polar surface area (TPSA) is 59.6 Å². The summed E-state index contributed by atoms with van der Waals surface area (Å²) in [6, 6.07) is 18.6. The van der Waals surface area contributed by atoms with Gasteiger partial charge in [-0.05, 0) is 36.8 Å². The summed E-state index contributed by atoms with van der Waals surface area (Å²) in [5, 5.41) is 3.29. The highest BCUT2D eigenvalue weighted by molar-refractivity contribution is 6.02. The molecule has 7 heteroatoms. The van der Waals surface area contributed by atoms with Crippen molar-refractivity contribution in [2.24, 2.45) is 0 Å². The summed E-state index contributed by atoms with van der Waals surface area (Å²) in [4.78, 5) is 10.9. The van der Waals surface area contributed by atoms with Crippen LogP contribution in [0.1, 0.15) is 6.92 Å². The second kappa shape index (κ2) is 8.98. The maximum Gasteiger partial charge on any atom is 0.153 e. The van der Waals surface area contributed by atoms with Gasteiger partial charge in [0.05, 0.1) is 45.2 Å². The Labute approximate surface area is 188 Å². The Kier molecular flexibility index (Phi) is 5.75. The molecular formula is C25H29N6O+. The third kappa shape index (κ3) is 4.04. The Morgan fingerprint density at radius 1 is 1.00 bits per heavy atom. The molecule has 1 saturated heterocycles. The molecule has 32 heavy (non-hydrogen) atoms. The van der Waals surface area contributed by atoms with E-state index in [1.807, 2.05) is 25.1 Å². The fraction of sp³-hybridized carbons (Fsp3) is 0.280. The van der Waals surface area contributed by atoms with Crippen molar-refractivity contribution in [1.29, 1.82) is 0 Å². The molecule has 5 rings (SSSR count). The summed E-state index contributed by atoms with van der Waals surface area (Å²) in [5.74, 6) is 1.71. The molecule has 0 bridgehead atoms. The second-order valence-electron chi connectivity index (χ2n) is 8.18. The Morgan fingerprint density at radius 2 is 1.75 bits per heavy atom. The molecule has 2 aromatic heterocycles. The molecule has 164 valence electrons. The van der Waals surface area contributed by atoms with Crippen molar-refractivity contribution < 1.29 is 9.64 Å². The highest BCUT2D eigenvalue weighted by Crippen LogP contribution is 2.35. The first-order valence-electron chi connectivity index (χ1n) is 11.2. The third-order valence-corrected chi connectivity index (χ3v) is 5.97. The van der Waals surface area contributed by atoms with Crippen molar-refractivity contribution in [2.75, 3.05) is 45.3 Å². The van der Waals surface area contributed by atoms with Crippen LogP contribution in [0.2, 0.25) is 0 Å². The molecule has 2 N–H and O–H groups in total. The van der Waals surface area contributed by atoms with E-state index in [1.165, 1.54) is 0 Å². The molecule has 1 aliphatic heterocycles. The molecular weight excluding hydrogens is 400 g/mol. The minimum atomic E-state index is 0.653. The normalized spacial score (nSPS) is 15.2. The van der Waals surface area contributed by atoms with Gasteiger partial charge in [0.2, 0.25) is 0 Å². The number of likely N-dealkylation sites (N-methyl/N-ethyl adjacent to an activating group) is 1. The van der Waals surface area contributed by atoms with Gasteiger partial charge in [-0.3, -0.25) is 0 Å². The van der Waals surface area contributed by atoms with Crippen molar-refractivity contribution in [3.8, 4) is 22.6 Å². The molecule has 0 atom stereocenters. The number of hydrogen-bond donors (Lipinski definition) is 2. The van der Waals surface area contributed by atoms with Gasteiger partial charge in [-0.1, -0.05) is 30.3 Å². The molecule has 2 aromatic carbocycles. The molecule has 3 heterocycles. The Morgan fingerprint density at radius 3 is 2.47 bits per heavy atom. The number of nitrogens with zero attached hydrogens (tertiary/aromatic N) is 4. The van der Waals surface area contributed by atoms with Gasteiger partial charge in [0.1, 0.15) is 12.1 Å². The summed E-state index contributed by atoms with van der Waals surface area (Å²) in [7, 11) is 2.24. The van der Waals surface area contributed by atoms with Crippen LogP contribution >= 0.6 is 0 Å². The molecule has 0 aliphatic carbocycles. The van der Waals surface area contributed by atoms with Gasteiger partial charge in [-0.2, -0.15) is 0 Å². The fourth-order valence-electron chi connectivity index (χ4n) is 4.20. The number of benzene rings is 2. The second-order valence-corrected chi connectivity index (χ2v) is 8.18. The zero-order valence-corrected chi connectivity index (χ0v) is 18.6. The van der Waals surface area contributed by atoms with E-state index in [1.54, 1.807) is 11.2 Å². The van der Waals surface area contributed by atoms with Crippen LogP contribution in [-0.2, 0) is 0 Å². The molecule has 4 aromatic rings. The van der Waals surface area contributed by atoms with E-state index in [4.69, 9.17) is 4.74 Å². The van der Waals surface area contributed by atoms with Crippen LogP contribution in [-0.4, -0.2) is 59.4 Å². The molecule has 0 saturated carbocycles. The lowest BCUT2D eigenvalue weighted by Gasteiger charge is -2.30. The average molecular weight is 430 g/mol. The number of piperazine rings is 1. The zero-order chi connectivity index (χ0) is 21.9. The largest absolute Gasteiger partial charge is 0.494 e. The van der Waals surface area contributed by atoms with E-state index in [0.29, 0.717) is 6.61 Å². The molecule has 1 fully saturated rings. The van der Waals surface area contributed by atoms with Gasteiger partial charge in [-0.25, -0.2) is 15.0 Å². The van der Waals surface area contributed by atoms with Crippen LogP contribution < -0.4 is 15.1 Å². The average Bonchev–Trinajstić information content (AvgIpc) is 3.23. The minimum absolute atomic E-state index is 0.653. The lowest BCUT2D eigenvalue weighted by molar-refractivity contribution is -0.884. The highest BCUT2D eigenvalue weighted by Gasteiger charge is 2.21. The molecule has 0 unspecified atom stereocenters. The van der Waals surface area contributed by atoms with E-state index in [9.17, 15) is 0 Å². The molecule has 1 aliphatic rings. The lowest BCUT2D eigenvalue weighted by Crippen LogP contribution is -3.12. The van der Waals surface area contributed by atoms with Crippen LogP contribution in [0, 0.1) is 0 Å². The summed E-state index contributed by atoms with van der Waals surface area (Å²) in [5.41, 5.74) is 7.75. The number of rotatable bonds is 6. The quantitative estimate of drug-likeness (QED) is 0.494. The number of ether oxygens (including phenoxy) is 1. The van der Waals surface area contributed by atoms with E-state index >= 15 is 0 Å². The molecule has 0 radical (unpaired) electrons. The minimum Gasteiger partial charge on any atom is -0.494 e. The number of anilines is 1. The van der Waals surface area contributed by atoms with Crippen LogP contribution in [0.3, 0.4) is 0 Å². The Bertz CT molecular complexity index is 1180. The van der Waals surface area contributed by atoms with Crippen molar-refractivity contribution >= 4 is 16.9 Å². The van der Waals surface area contributed by atoms with E-state index in [2.05, 4.69) is 74.6 Å². The summed E-state index contributed by atoms with van der Waals surface area (Å²) < 4.78 is 7.75. The smallest absolute Gasteiger partial charge is 0.153 e. The van der Waals surface area contributed by atoms with Crippen molar-refractivity contribution in [3.63, 3.8) is 0 Å². The van der Waals surface area contributed by atoms with Gasteiger partial charge in [-0.15, -0.1) is 0 Å². The Balaban J connectivity index is 1.61. The van der Waals surface area contributed by atoms with E-state index in [0.717, 1.165) is 65.6 Å². The molecule has 0 spiro atoms. The highest BCUT2D eigenvalue weighted by atomic mass is 16.5. The van der Waals surface area contributed by atoms with Crippen molar-refractivity contribution in [1.82, 2.24) is 19.5 Å². The number of hydrogen-bond acceptors (Lipinski definition) is 5. The predicted molar refractivity (Wildman–Crippen MR) is 127 cm³/mol. The fourth-order valence-corrected chi connectivity index (χ4v) is 4.20. The van der Waals surface area contributed by atoms with Crippen LogP contribution in [0.25, 0.3) is 27.8 Å². The first-order valence-corrected chi connectivity index (χ1v) is 11.2. The van der Waals surface area contributed by atoms with Gasteiger partial charge >= 0.3 is 0 Å².